The van der Waals surface area contributed by atoms with Crippen LogP contribution in [-0.4, -0.2) is 28.0 Å². The van der Waals surface area contributed by atoms with Crippen LogP contribution in [0, 0.1) is 5.92 Å². The molecule has 1 heterocycles. The molecule has 0 unspecified atom stereocenters. The van der Waals surface area contributed by atoms with E-state index in [9.17, 15) is 13.2 Å². The number of nitrogens with zero attached hydrogens (tertiary/aromatic N) is 2. The summed E-state index contributed by atoms with van der Waals surface area (Å²) in [5, 5.41) is 18.5. The van der Waals surface area contributed by atoms with Gasteiger partial charge < -0.3 is 10.4 Å². The summed E-state index contributed by atoms with van der Waals surface area (Å²) in [6.07, 6.45) is -3.24. The Morgan fingerprint density at radius 2 is 2.00 bits per heavy atom. The average Bonchev–Trinajstić information content (AvgIpc) is 2.22. The molecule has 1 saturated carbocycles. The molecule has 0 aromatic carbocycles. The van der Waals surface area contributed by atoms with Gasteiger partial charge in [0, 0.05) is 6.54 Å². The maximum absolute atomic E-state index is 12.2. The number of hydrogen-bond acceptors (Lipinski definition) is 4. The van der Waals surface area contributed by atoms with Crippen LogP contribution < -0.4 is 5.32 Å². The van der Waals surface area contributed by atoms with Crippen molar-refractivity contribution in [2.45, 2.75) is 25.1 Å². The molecule has 1 aliphatic carbocycles. The lowest BCUT2D eigenvalue weighted by molar-refractivity contribution is -0.141. The standard InChI is InChI=1S/C10H12F3N3O/c11-10(12,13)8-1-2-9(16-15-8)14-5-6-3-7(17)4-6/h1-2,6-7,17H,3-5H2,(H,14,16). The van der Waals surface area contributed by atoms with E-state index in [0.29, 0.717) is 18.3 Å². The van der Waals surface area contributed by atoms with Crippen molar-refractivity contribution in [1.82, 2.24) is 10.2 Å². The van der Waals surface area contributed by atoms with Gasteiger partial charge in [-0.05, 0) is 30.9 Å². The number of nitrogens with one attached hydrogen (secondary N) is 1. The second-order valence-corrected chi connectivity index (χ2v) is 4.17. The van der Waals surface area contributed by atoms with Gasteiger partial charge in [-0.3, -0.25) is 0 Å². The molecule has 0 spiro atoms. The summed E-state index contributed by atoms with van der Waals surface area (Å²) in [7, 11) is 0. The fourth-order valence-corrected chi connectivity index (χ4v) is 1.69. The van der Waals surface area contributed by atoms with Gasteiger partial charge in [-0.2, -0.15) is 13.2 Å². The summed E-state index contributed by atoms with van der Waals surface area (Å²) in [5.74, 6) is 0.675. The highest BCUT2D eigenvalue weighted by Crippen LogP contribution is 2.28. The zero-order valence-corrected chi connectivity index (χ0v) is 8.91. The molecule has 0 saturated heterocycles. The Bertz CT molecular complexity index is 373. The first-order valence-corrected chi connectivity index (χ1v) is 5.28. The van der Waals surface area contributed by atoms with Gasteiger partial charge in [-0.15, -0.1) is 10.2 Å². The molecule has 17 heavy (non-hydrogen) atoms. The summed E-state index contributed by atoms with van der Waals surface area (Å²) in [6, 6.07) is 2.15. The van der Waals surface area contributed by atoms with Crippen LogP contribution in [-0.2, 0) is 6.18 Å². The number of rotatable bonds is 3. The molecular weight excluding hydrogens is 235 g/mol. The van der Waals surface area contributed by atoms with Gasteiger partial charge in [-0.1, -0.05) is 0 Å². The topological polar surface area (TPSA) is 58.0 Å². The molecular formula is C10H12F3N3O. The Kier molecular flexibility index (Phi) is 3.19. The van der Waals surface area contributed by atoms with Crippen LogP contribution >= 0.6 is 0 Å². The monoisotopic (exact) mass is 247 g/mol. The third-order valence-corrected chi connectivity index (χ3v) is 2.74. The summed E-state index contributed by atoms with van der Waals surface area (Å²) in [5.41, 5.74) is -0.998. The summed E-state index contributed by atoms with van der Waals surface area (Å²) in [4.78, 5) is 0. The zero-order chi connectivity index (χ0) is 12.5. The maximum Gasteiger partial charge on any atom is 0.435 e. The van der Waals surface area contributed by atoms with Crippen molar-refractivity contribution in [3.63, 3.8) is 0 Å². The number of halogens is 3. The van der Waals surface area contributed by atoms with Crippen LogP contribution in [0.2, 0.25) is 0 Å². The second kappa shape index (κ2) is 4.48. The molecule has 1 aromatic heterocycles. The van der Waals surface area contributed by atoms with Gasteiger partial charge in [0.25, 0.3) is 0 Å². The fraction of sp³-hybridized carbons (Fsp3) is 0.600. The Morgan fingerprint density at radius 3 is 2.47 bits per heavy atom. The molecule has 0 radical (unpaired) electrons. The van der Waals surface area contributed by atoms with E-state index in [4.69, 9.17) is 5.11 Å². The van der Waals surface area contributed by atoms with Crippen molar-refractivity contribution >= 4 is 5.82 Å². The molecule has 94 valence electrons. The smallest absolute Gasteiger partial charge is 0.393 e. The zero-order valence-electron chi connectivity index (χ0n) is 8.91. The molecule has 2 N–H and O–H groups in total. The van der Waals surface area contributed by atoms with E-state index in [1.165, 1.54) is 6.07 Å². The molecule has 0 atom stereocenters. The maximum atomic E-state index is 12.2. The van der Waals surface area contributed by atoms with Gasteiger partial charge in [0.1, 0.15) is 5.82 Å². The van der Waals surface area contributed by atoms with Crippen LogP contribution in [0.1, 0.15) is 18.5 Å². The molecule has 4 nitrogen and oxygen atoms in total. The lowest BCUT2D eigenvalue weighted by Gasteiger charge is -2.31. The first kappa shape index (κ1) is 12.1. The average molecular weight is 247 g/mol. The largest absolute Gasteiger partial charge is 0.435 e. The SMILES string of the molecule is OC1CC(CNc2ccc(C(F)(F)F)nn2)C1. The Labute approximate surface area is 95.9 Å². The number of hydrogen-bond donors (Lipinski definition) is 2. The highest BCUT2D eigenvalue weighted by Gasteiger charge is 2.33. The van der Waals surface area contributed by atoms with E-state index in [1.807, 2.05) is 0 Å². The number of aliphatic hydroxyl groups is 1. The summed E-state index contributed by atoms with van der Waals surface area (Å²) in [6.45, 7) is 0.594. The van der Waals surface area contributed by atoms with E-state index in [0.717, 1.165) is 18.9 Å². The van der Waals surface area contributed by atoms with Crippen molar-refractivity contribution in [2.24, 2.45) is 5.92 Å². The minimum atomic E-state index is -4.45. The Hall–Kier alpha value is -1.37. The van der Waals surface area contributed by atoms with Crippen LogP contribution in [0.3, 0.4) is 0 Å². The summed E-state index contributed by atoms with van der Waals surface area (Å²) >= 11 is 0. The molecule has 1 aliphatic rings. The van der Waals surface area contributed by atoms with E-state index in [-0.39, 0.29) is 6.10 Å². The van der Waals surface area contributed by atoms with Gasteiger partial charge in [0.05, 0.1) is 6.10 Å². The van der Waals surface area contributed by atoms with Gasteiger partial charge >= 0.3 is 6.18 Å². The number of alkyl halides is 3. The second-order valence-electron chi connectivity index (χ2n) is 4.17. The van der Waals surface area contributed by atoms with E-state index in [2.05, 4.69) is 15.5 Å². The number of aromatic nitrogens is 2. The predicted molar refractivity (Wildman–Crippen MR) is 54.3 cm³/mol. The molecule has 0 amide bonds. The molecule has 0 bridgehead atoms. The van der Waals surface area contributed by atoms with E-state index < -0.39 is 11.9 Å². The van der Waals surface area contributed by atoms with Crippen LogP contribution in [0.4, 0.5) is 19.0 Å². The highest BCUT2D eigenvalue weighted by atomic mass is 19.4. The molecule has 7 heteroatoms. The fourth-order valence-electron chi connectivity index (χ4n) is 1.69. The number of aliphatic hydroxyl groups excluding tert-OH is 1. The number of anilines is 1. The predicted octanol–water partition coefficient (Wildman–Crippen LogP) is 1.68. The minimum Gasteiger partial charge on any atom is -0.393 e. The van der Waals surface area contributed by atoms with Crippen LogP contribution in [0.25, 0.3) is 0 Å². The van der Waals surface area contributed by atoms with Crippen molar-refractivity contribution in [3.05, 3.63) is 17.8 Å². The normalized spacial score (nSPS) is 24.2. The summed E-state index contributed by atoms with van der Waals surface area (Å²) < 4.78 is 36.6. The van der Waals surface area contributed by atoms with Crippen LogP contribution in [0.15, 0.2) is 12.1 Å². The van der Waals surface area contributed by atoms with Crippen molar-refractivity contribution in [3.8, 4) is 0 Å². The van der Waals surface area contributed by atoms with Crippen molar-refractivity contribution < 1.29 is 18.3 Å². The highest BCUT2D eigenvalue weighted by molar-refractivity contribution is 5.33. The lowest BCUT2D eigenvalue weighted by atomic mass is 9.82. The lowest BCUT2D eigenvalue weighted by Crippen LogP contribution is -2.33. The molecule has 1 fully saturated rings. The first-order chi connectivity index (χ1) is 7.95. The van der Waals surface area contributed by atoms with Crippen molar-refractivity contribution in [1.29, 1.82) is 0 Å². The van der Waals surface area contributed by atoms with Gasteiger partial charge in [-0.25, -0.2) is 0 Å². The van der Waals surface area contributed by atoms with Crippen molar-refractivity contribution in [2.75, 3.05) is 11.9 Å². The molecule has 1 aromatic rings. The molecule has 2 rings (SSSR count). The minimum absolute atomic E-state index is 0.236. The van der Waals surface area contributed by atoms with Crippen LogP contribution in [0.5, 0.6) is 0 Å². The van der Waals surface area contributed by atoms with E-state index >= 15 is 0 Å². The van der Waals surface area contributed by atoms with Gasteiger partial charge in [0.15, 0.2) is 5.69 Å². The Balaban J connectivity index is 1.86. The molecule has 0 aliphatic heterocycles. The van der Waals surface area contributed by atoms with E-state index in [1.54, 1.807) is 0 Å². The van der Waals surface area contributed by atoms with Gasteiger partial charge in [0.2, 0.25) is 0 Å². The first-order valence-electron chi connectivity index (χ1n) is 5.28. The third kappa shape index (κ3) is 3.06. The quantitative estimate of drug-likeness (QED) is 0.853. The Morgan fingerprint density at radius 1 is 1.29 bits per heavy atom. The third-order valence-electron chi connectivity index (χ3n) is 2.74.